The summed E-state index contributed by atoms with van der Waals surface area (Å²) in [5, 5.41) is 12.6. The molecule has 0 aromatic carbocycles. The van der Waals surface area contributed by atoms with Crippen molar-refractivity contribution in [2.24, 2.45) is 5.92 Å². The molecule has 2 unspecified atom stereocenters. The Morgan fingerprint density at radius 3 is 2.89 bits per heavy atom. The number of amides is 1. The van der Waals surface area contributed by atoms with E-state index >= 15 is 0 Å². The smallest absolute Gasteiger partial charge is 0.269 e. The van der Waals surface area contributed by atoms with Crippen molar-refractivity contribution < 1.29 is 9.90 Å². The second-order valence-electron chi connectivity index (χ2n) is 4.80. The van der Waals surface area contributed by atoms with Gasteiger partial charge in [-0.25, -0.2) is 4.98 Å². The van der Waals surface area contributed by atoms with Gasteiger partial charge in [0.15, 0.2) is 0 Å². The third-order valence-corrected chi connectivity index (χ3v) is 3.41. The maximum Gasteiger partial charge on any atom is 0.269 e. The highest BCUT2D eigenvalue weighted by molar-refractivity contribution is 5.92. The molecule has 98 valence electrons. The topological polar surface area (TPSA) is 88.2 Å². The molecule has 1 saturated carbocycles. The first kappa shape index (κ1) is 12.8. The highest BCUT2D eigenvalue weighted by Crippen LogP contribution is 2.23. The van der Waals surface area contributed by atoms with E-state index in [1.807, 2.05) is 0 Å². The molecule has 2 atom stereocenters. The first-order valence-corrected chi connectivity index (χ1v) is 6.34. The number of hydrogen-bond donors (Lipinski definition) is 3. The molecule has 18 heavy (non-hydrogen) atoms. The molecule has 1 amide bonds. The molecule has 1 aromatic heterocycles. The van der Waals surface area contributed by atoms with Crippen molar-refractivity contribution in [3.63, 3.8) is 0 Å². The van der Waals surface area contributed by atoms with Gasteiger partial charge < -0.3 is 16.2 Å². The van der Waals surface area contributed by atoms with E-state index in [-0.39, 0.29) is 17.9 Å². The van der Waals surface area contributed by atoms with E-state index in [1.54, 1.807) is 12.1 Å². The summed E-state index contributed by atoms with van der Waals surface area (Å²) in [6.45, 7) is 0.506. The Morgan fingerprint density at radius 1 is 1.44 bits per heavy atom. The minimum absolute atomic E-state index is 0.163. The van der Waals surface area contributed by atoms with Gasteiger partial charge in [0.1, 0.15) is 5.69 Å². The lowest BCUT2D eigenvalue weighted by Crippen LogP contribution is -2.36. The molecule has 1 fully saturated rings. The van der Waals surface area contributed by atoms with Crippen LogP contribution >= 0.6 is 0 Å². The van der Waals surface area contributed by atoms with Crippen molar-refractivity contribution in [1.29, 1.82) is 0 Å². The summed E-state index contributed by atoms with van der Waals surface area (Å²) in [6.07, 6.45) is 5.17. The molecule has 0 bridgehead atoms. The second-order valence-corrected chi connectivity index (χ2v) is 4.80. The standard InChI is InChI=1S/C13H19N3O2/c14-10-5-6-11(15-8-10)13(18)16-7-9-3-1-2-4-12(9)17/h5-6,8-9,12,17H,1-4,7,14H2,(H,16,18). The van der Waals surface area contributed by atoms with E-state index < -0.39 is 0 Å². The number of carbonyl (C=O) groups excluding carboxylic acids is 1. The molecule has 5 nitrogen and oxygen atoms in total. The van der Waals surface area contributed by atoms with Gasteiger partial charge in [-0.2, -0.15) is 0 Å². The zero-order valence-corrected chi connectivity index (χ0v) is 10.3. The number of aliphatic hydroxyl groups is 1. The van der Waals surface area contributed by atoms with Crippen molar-refractivity contribution in [3.8, 4) is 0 Å². The number of aliphatic hydroxyl groups excluding tert-OH is 1. The lowest BCUT2D eigenvalue weighted by molar-refractivity contribution is 0.0661. The summed E-state index contributed by atoms with van der Waals surface area (Å²) in [4.78, 5) is 15.8. The normalized spacial score (nSPS) is 23.6. The molecule has 2 rings (SSSR count). The van der Waals surface area contributed by atoms with Crippen molar-refractivity contribution in [2.45, 2.75) is 31.8 Å². The van der Waals surface area contributed by atoms with Crippen molar-refractivity contribution in [1.82, 2.24) is 10.3 Å². The molecule has 5 heteroatoms. The number of anilines is 1. The summed E-state index contributed by atoms with van der Waals surface area (Å²) in [7, 11) is 0. The number of pyridine rings is 1. The number of carbonyl (C=O) groups is 1. The molecule has 1 aliphatic carbocycles. The van der Waals surface area contributed by atoms with Gasteiger partial charge in [0.2, 0.25) is 0 Å². The van der Waals surface area contributed by atoms with Gasteiger partial charge in [0, 0.05) is 12.5 Å². The molecule has 0 spiro atoms. The summed E-state index contributed by atoms with van der Waals surface area (Å²) < 4.78 is 0. The predicted molar refractivity (Wildman–Crippen MR) is 68.9 cm³/mol. The van der Waals surface area contributed by atoms with Crippen LogP contribution in [0.1, 0.15) is 36.2 Å². The van der Waals surface area contributed by atoms with Crippen LogP contribution in [0.2, 0.25) is 0 Å². The number of nitrogens with one attached hydrogen (secondary N) is 1. The third-order valence-electron chi connectivity index (χ3n) is 3.41. The quantitative estimate of drug-likeness (QED) is 0.744. The van der Waals surface area contributed by atoms with Crippen molar-refractivity contribution >= 4 is 11.6 Å². The van der Waals surface area contributed by atoms with E-state index in [0.29, 0.717) is 17.9 Å². The van der Waals surface area contributed by atoms with Crippen molar-refractivity contribution in [2.75, 3.05) is 12.3 Å². The number of aromatic nitrogens is 1. The van der Waals surface area contributed by atoms with Gasteiger partial charge in [-0.3, -0.25) is 4.79 Å². The van der Waals surface area contributed by atoms with Gasteiger partial charge in [-0.1, -0.05) is 12.8 Å². The Labute approximate surface area is 106 Å². The number of rotatable bonds is 3. The average molecular weight is 249 g/mol. The van der Waals surface area contributed by atoms with Crippen LogP contribution in [0.4, 0.5) is 5.69 Å². The average Bonchev–Trinajstić information content (AvgIpc) is 2.38. The third kappa shape index (κ3) is 3.20. The van der Waals surface area contributed by atoms with Crippen LogP contribution in [-0.2, 0) is 0 Å². The van der Waals surface area contributed by atoms with Gasteiger partial charge in [0.25, 0.3) is 5.91 Å². The Kier molecular flexibility index (Phi) is 4.15. The molecule has 0 aliphatic heterocycles. The zero-order valence-electron chi connectivity index (χ0n) is 10.3. The van der Waals surface area contributed by atoms with Crippen LogP contribution in [0.25, 0.3) is 0 Å². The fourth-order valence-corrected chi connectivity index (χ4v) is 2.28. The lowest BCUT2D eigenvalue weighted by Gasteiger charge is -2.27. The molecule has 0 saturated heterocycles. The van der Waals surface area contributed by atoms with Gasteiger partial charge in [-0.05, 0) is 25.0 Å². The molecule has 1 aromatic rings. The molecule has 1 heterocycles. The first-order chi connectivity index (χ1) is 8.66. The molecular formula is C13H19N3O2. The Balaban J connectivity index is 1.86. The number of hydrogen-bond acceptors (Lipinski definition) is 4. The van der Waals surface area contributed by atoms with Crippen molar-refractivity contribution in [3.05, 3.63) is 24.0 Å². The maximum atomic E-state index is 11.8. The van der Waals surface area contributed by atoms with Crippen LogP contribution in [0, 0.1) is 5.92 Å². The first-order valence-electron chi connectivity index (χ1n) is 6.34. The highest BCUT2D eigenvalue weighted by Gasteiger charge is 2.23. The van der Waals surface area contributed by atoms with Gasteiger partial charge in [0.05, 0.1) is 18.0 Å². The van der Waals surface area contributed by atoms with E-state index in [1.165, 1.54) is 6.20 Å². The maximum absolute atomic E-state index is 11.8. The number of nitrogens with zero attached hydrogens (tertiary/aromatic N) is 1. The number of nitrogens with two attached hydrogens (primary N) is 1. The van der Waals surface area contributed by atoms with E-state index in [0.717, 1.165) is 25.7 Å². The van der Waals surface area contributed by atoms with Gasteiger partial charge >= 0.3 is 0 Å². The van der Waals surface area contributed by atoms with E-state index in [9.17, 15) is 9.90 Å². The highest BCUT2D eigenvalue weighted by atomic mass is 16.3. The van der Waals surface area contributed by atoms with Crippen LogP contribution < -0.4 is 11.1 Å². The van der Waals surface area contributed by atoms with Gasteiger partial charge in [-0.15, -0.1) is 0 Å². The summed E-state index contributed by atoms with van der Waals surface area (Å²) in [6, 6.07) is 3.25. The lowest BCUT2D eigenvalue weighted by atomic mass is 9.86. The summed E-state index contributed by atoms with van der Waals surface area (Å²) in [5.41, 5.74) is 6.40. The molecule has 4 N–H and O–H groups in total. The molecule has 1 aliphatic rings. The SMILES string of the molecule is Nc1ccc(C(=O)NCC2CCCCC2O)nc1. The second kappa shape index (κ2) is 5.82. The molecular weight excluding hydrogens is 230 g/mol. The monoisotopic (exact) mass is 249 g/mol. The Hall–Kier alpha value is -1.62. The van der Waals surface area contributed by atoms with Crippen LogP contribution in [0.3, 0.4) is 0 Å². The fraction of sp³-hybridized carbons (Fsp3) is 0.538. The van der Waals surface area contributed by atoms with E-state index in [4.69, 9.17) is 5.73 Å². The number of nitrogen functional groups attached to an aromatic ring is 1. The van der Waals surface area contributed by atoms with Crippen LogP contribution in [0.15, 0.2) is 18.3 Å². The minimum Gasteiger partial charge on any atom is -0.397 e. The summed E-state index contributed by atoms with van der Waals surface area (Å²) >= 11 is 0. The Bertz CT molecular complexity index is 405. The summed E-state index contributed by atoms with van der Waals surface area (Å²) in [5.74, 6) is -0.0516. The largest absolute Gasteiger partial charge is 0.397 e. The molecule has 0 radical (unpaired) electrons. The van der Waals surface area contributed by atoms with Crippen LogP contribution in [-0.4, -0.2) is 28.6 Å². The predicted octanol–water partition coefficient (Wildman–Crippen LogP) is 0.945. The van der Waals surface area contributed by atoms with Crippen LogP contribution in [0.5, 0.6) is 0 Å². The Morgan fingerprint density at radius 2 is 2.22 bits per heavy atom. The fourth-order valence-electron chi connectivity index (χ4n) is 2.28. The zero-order chi connectivity index (χ0) is 13.0. The minimum atomic E-state index is -0.293. The van der Waals surface area contributed by atoms with E-state index in [2.05, 4.69) is 10.3 Å².